The van der Waals surface area contributed by atoms with Crippen LogP contribution in [0.3, 0.4) is 0 Å². The number of rotatable bonds is 9. The number of carbonyl (C=O) groups is 1. The third kappa shape index (κ3) is 6.10. The molecule has 0 aliphatic carbocycles. The summed E-state index contributed by atoms with van der Waals surface area (Å²) in [6.07, 6.45) is 1.36. The third-order valence-electron chi connectivity index (χ3n) is 4.93. The molecule has 2 heterocycles. The van der Waals surface area contributed by atoms with Crippen molar-refractivity contribution in [1.82, 2.24) is 5.32 Å². The predicted molar refractivity (Wildman–Crippen MR) is 133 cm³/mol. The number of nitrogens with two attached hydrogens (primary N) is 1. The van der Waals surface area contributed by atoms with Crippen LogP contribution in [-0.2, 0) is 25.5 Å². The van der Waals surface area contributed by atoms with Crippen LogP contribution in [0.4, 0.5) is 0 Å². The molecule has 1 aromatic rings. The highest BCUT2D eigenvalue weighted by molar-refractivity contribution is 9.12. The molecular weight excluding hydrogens is 630 g/mol. The molecule has 180 valence electrons. The molecule has 4 N–H and O–H groups in total. The lowest BCUT2D eigenvalue weighted by molar-refractivity contribution is -0.225. The van der Waals surface area contributed by atoms with E-state index in [2.05, 4.69) is 58.3 Å². The van der Waals surface area contributed by atoms with Gasteiger partial charge in [-0.2, -0.15) is 0 Å². The lowest BCUT2D eigenvalue weighted by Crippen LogP contribution is -2.49. The van der Waals surface area contributed by atoms with Crippen LogP contribution in [0.25, 0.3) is 0 Å². The SMILES string of the molecule is COC1=C(Br)C[C@@]2(OC=C1Br)ON=C(C(=O)NCCCOc1ccc(CCN)cc1Br)[C@H]2O. The molecule has 2 atom stereocenters. The molecule has 1 spiro atoms. The molecule has 0 saturated carbocycles. The van der Waals surface area contributed by atoms with Crippen LogP contribution in [0.5, 0.6) is 5.75 Å². The zero-order valence-electron chi connectivity index (χ0n) is 17.8. The summed E-state index contributed by atoms with van der Waals surface area (Å²) in [4.78, 5) is 17.9. The molecule has 3 rings (SSSR count). The van der Waals surface area contributed by atoms with Crippen LogP contribution in [0.1, 0.15) is 18.4 Å². The maximum atomic E-state index is 12.6. The normalized spacial score (nSPS) is 22.2. The maximum absolute atomic E-state index is 12.6. The van der Waals surface area contributed by atoms with Crippen LogP contribution in [0, 0.1) is 0 Å². The highest BCUT2D eigenvalue weighted by atomic mass is 79.9. The van der Waals surface area contributed by atoms with Crippen LogP contribution in [0.2, 0.25) is 0 Å². The number of oxime groups is 1. The zero-order chi connectivity index (χ0) is 24.0. The van der Waals surface area contributed by atoms with Crippen molar-refractivity contribution in [3.8, 4) is 5.75 Å². The summed E-state index contributed by atoms with van der Waals surface area (Å²) in [5.74, 6) is -0.918. The number of nitrogens with one attached hydrogen (secondary N) is 1. The minimum absolute atomic E-state index is 0.0794. The minimum atomic E-state index is -1.57. The number of carbonyl (C=O) groups excluding carboxylic acids is 1. The molecule has 0 bridgehead atoms. The van der Waals surface area contributed by atoms with E-state index in [1.54, 1.807) is 0 Å². The summed E-state index contributed by atoms with van der Waals surface area (Å²) in [7, 11) is 1.50. The van der Waals surface area contributed by atoms with Gasteiger partial charge in [-0.25, -0.2) is 0 Å². The summed E-state index contributed by atoms with van der Waals surface area (Å²) in [6, 6.07) is 5.83. The number of hydrogen-bond donors (Lipinski definition) is 3. The monoisotopic (exact) mass is 651 g/mol. The molecule has 1 amide bonds. The van der Waals surface area contributed by atoms with Gasteiger partial charge in [-0.1, -0.05) is 27.2 Å². The van der Waals surface area contributed by atoms with Crippen molar-refractivity contribution in [2.45, 2.75) is 31.2 Å². The molecule has 0 fully saturated rings. The van der Waals surface area contributed by atoms with E-state index in [-0.39, 0.29) is 12.1 Å². The Labute approximate surface area is 216 Å². The molecule has 2 aliphatic heterocycles. The molecule has 0 radical (unpaired) electrons. The predicted octanol–water partition coefficient (Wildman–Crippen LogP) is 3.19. The molecule has 33 heavy (non-hydrogen) atoms. The zero-order valence-corrected chi connectivity index (χ0v) is 22.5. The Morgan fingerprint density at radius 1 is 1.39 bits per heavy atom. The topological polar surface area (TPSA) is 125 Å². The quantitative estimate of drug-likeness (QED) is 0.350. The van der Waals surface area contributed by atoms with Crippen molar-refractivity contribution in [1.29, 1.82) is 0 Å². The van der Waals surface area contributed by atoms with E-state index in [1.807, 2.05) is 18.2 Å². The lowest BCUT2D eigenvalue weighted by atomic mass is 10.0. The number of nitrogens with zero attached hydrogens (tertiary/aromatic N) is 1. The van der Waals surface area contributed by atoms with E-state index < -0.39 is 17.8 Å². The number of hydrogen-bond acceptors (Lipinski definition) is 8. The number of halogens is 3. The Morgan fingerprint density at radius 3 is 2.88 bits per heavy atom. The van der Waals surface area contributed by atoms with Gasteiger partial charge in [0.15, 0.2) is 11.8 Å². The van der Waals surface area contributed by atoms with Crippen molar-refractivity contribution in [2.24, 2.45) is 10.9 Å². The highest BCUT2D eigenvalue weighted by Gasteiger charge is 2.54. The van der Waals surface area contributed by atoms with Crippen molar-refractivity contribution >= 4 is 59.4 Å². The van der Waals surface area contributed by atoms with Gasteiger partial charge < -0.3 is 35.2 Å². The molecule has 9 nitrogen and oxygen atoms in total. The number of methoxy groups -OCH3 is 1. The molecule has 0 saturated heterocycles. The first-order chi connectivity index (χ1) is 15.8. The van der Waals surface area contributed by atoms with Gasteiger partial charge in [-0.05, 0) is 68.9 Å². The molecule has 2 aliphatic rings. The summed E-state index contributed by atoms with van der Waals surface area (Å²) < 4.78 is 18.6. The van der Waals surface area contributed by atoms with Crippen LogP contribution in [0.15, 0.2) is 48.8 Å². The second kappa shape index (κ2) is 11.7. The van der Waals surface area contributed by atoms with E-state index in [1.165, 1.54) is 13.4 Å². The van der Waals surface area contributed by atoms with Gasteiger partial charge in [0.2, 0.25) is 0 Å². The van der Waals surface area contributed by atoms with Crippen LogP contribution >= 0.6 is 47.8 Å². The Hall–Kier alpha value is -1.60. The van der Waals surface area contributed by atoms with Crippen molar-refractivity contribution < 1.29 is 28.9 Å². The Morgan fingerprint density at radius 2 is 2.18 bits per heavy atom. The van der Waals surface area contributed by atoms with Gasteiger partial charge in [0.1, 0.15) is 17.8 Å². The Bertz CT molecular complexity index is 984. The van der Waals surface area contributed by atoms with E-state index in [0.29, 0.717) is 46.6 Å². The first-order valence-corrected chi connectivity index (χ1v) is 12.5. The second-order valence-corrected chi connectivity index (χ2v) is 9.91. The summed E-state index contributed by atoms with van der Waals surface area (Å²) in [6.45, 7) is 1.30. The van der Waals surface area contributed by atoms with Gasteiger partial charge in [0, 0.05) is 11.0 Å². The van der Waals surface area contributed by atoms with E-state index in [9.17, 15) is 9.90 Å². The summed E-state index contributed by atoms with van der Waals surface area (Å²) >= 11 is 10.2. The minimum Gasteiger partial charge on any atom is -0.495 e. The smallest absolute Gasteiger partial charge is 0.311 e. The molecule has 0 unspecified atom stereocenters. The van der Waals surface area contributed by atoms with Gasteiger partial charge in [-0.3, -0.25) is 4.79 Å². The van der Waals surface area contributed by atoms with Crippen LogP contribution in [-0.4, -0.2) is 55.4 Å². The van der Waals surface area contributed by atoms with Crippen molar-refractivity contribution in [2.75, 3.05) is 26.8 Å². The van der Waals surface area contributed by atoms with E-state index >= 15 is 0 Å². The fraction of sp³-hybridized carbons (Fsp3) is 0.429. The van der Waals surface area contributed by atoms with Crippen LogP contribution < -0.4 is 15.8 Å². The Balaban J connectivity index is 1.48. The van der Waals surface area contributed by atoms with E-state index in [0.717, 1.165) is 16.5 Å². The number of ether oxygens (including phenoxy) is 3. The number of aliphatic hydroxyl groups excluding tert-OH is 1. The van der Waals surface area contributed by atoms with Gasteiger partial charge in [0.25, 0.3) is 5.91 Å². The largest absolute Gasteiger partial charge is 0.495 e. The Kier molecular flexibility index (Phi) is 9.22. The first-order valence-electron chi connectivity index (χ1n) is 10.1. The second-order valence-electron chi connectivity index (χ2n) is 7.24. The third-order valence-corrected chi connectivity index (χ3v) is 6.74. The molecular formula is C21H24Br3N3O6. The number of amides is 1. The number of allylic oxidation sites excluding steroid dienone is 1. The lowest BCUT2D eigenvalue weighted by Gasteiger charge is -2.27. The average molecular weight is 654 g/mol. The van der Waals surface area contributed by atoms with Gasteiger partial charge in [0.05, 0.1) is 29.1 Å². The van der Waals surface area contributed by atoms with E-state index in [4.69, 9.17) is 24.8 Å². The number of aliphatic hydroxyl groups is 1. The first kappa shape index (κ1) is 26.0. The van der Waals surface area contributed by atoms with Crippen molar-refractivity contribution in [3.05, 3.63) is 49.2 Å². The van der Waals surface area contributed by atoms with Gasteiger partial charge >= 0.3 is 5.79 Å². The highest BCUT2D eigenvalue weighted by Crippen LogP contribution is 2.41. The average Bonchev–Trinajstić information content (AvgIpc) is 3.03. The fourth-order valence-electron chi connectivity index (χ4n) is 3.23. The summed E-state index contributed by atoms with van der Waals surface area (Å²) in [5.41, 5.74) is 6.54. The van der Waals surface area contributed by atoms with Gasteiger partial charge in [-0.15, -0.1) is 0 Å². The summed E-state index contributed by atoms with van der Waals surface area (Å²) in [5, 5.41) is 17.3. The van der Waals surface area contributed by atoms with Crippen molar-refractivity contribution in [3.63, 3.8) is 0 Å². The standard InChI is InChI=1S/C21H24Br3N3O6/c1-30-18-14(23)10-21(32-11-15(18)24)19(28)17(27-33-21)20(29)26-7-2-8-31-16-4-3-12(5-6-25)9-13(16)22/h3-4,9,11,19,28H,2,5-8,10,25H2,1H3,(H,26,29)/t19-,21-/m1/s1. The number of benzene rings is 1. The maximum Gasteiger partial charge on any atom is 0.311 e. The fourth-order valence-corrected chi connectivity index (χ4v) is 5.29. The molecule has 1 aromatic carbocycles. The molecule has 0 aromatic heterocycles. The molecule has 12 heteroatoms.